The highest BCUT2D eigenvalue weighted by molar-refractivity contribution is 7.80. The maximum absolute atomic E-state index is 5.77. The van der Waals surface area contributed by atoms with Gasteiger partial charge in [0.05, 0.1) is 37.7 Å². The van der Waals surface area contributed by atoms with E-state index in [0.29, 0.717) is 5.11 Å². The molecule has 1 aliphatic rings. The zero-order chi connectivity index (χ0) is 19.7. The Morgan fingerprint density at radius 3 is 2.61 bits per heavy atom. The highest BCUT2D eigenvalue weighted by Gasteiger charge is 2.42. The predicted molar refractivity (Wildman–Crippen MR) is 117 cm³/mol. The summed E-state index contributed by atoms with van der Waals surface area (Å²) in [4.78, 5) is 9.16. The zero-order valence-corrected chi connectivity index (χ0v) is 17.5. The Morgan fingerprint density at radius 2 is 1.96 bits per heavy atom. The lowest BCUT2D eigenvalue weighted by atomic mass is 10.0. The van der Waals surface area contributed by atoms with Gasteiger partial charge in [0, 0.05) is 22.0 Å². The molecule has 0 saturated carbocycles. The van der Waals surface area contributed by atoms with Crippen molar-refractivity contribution < 1.29 is 9.47 Å². The molecule has 1 aliphatic heterocycles. The van der Waals surface area contributed by atoms with Gasteiger partial charge in [0.25, 0.3) is 0 Å². The molecule has 4 rings (SSSR count). The minimum Gasteiger partial charge on any atom is -0.497 e. The van der Waals surface area contributed by atoms with E-state index in [1.165, 1.54) is 9.75 Å². The molecular formula is C21H21N3O2S2. The summed E-state index contributed by atoms with van der Waals surface area (Å²) < 4.78 is 11.1. The quantitative estimate of drug-likeness (QED) is 0.617. The molecule has 1 N–H and O–H groups in total. The molecule has 2 atom stereocenters. The van der Waals surface area contributed by atoms with Crippen molar-refractivity contribution in [2.75, 3.05) is 19.1 Å². The van der Waals surface area contributed by atoms with Gasteiger partial charge in [-0.1, -0.05) is 6.07 Å². The molecule has 0 aliphatic carbocycles. The number of thiophene rings is 1. The Morgan fingerprint density at radius 1 is 1.11 bits per heavy atom. The first-order chi connectivity index (χ1) is 13.6. The van der Waals surface area contributed by atoms with Gasteiger partial charge in [-0.25, -0.2) is 0 Å². The summed E-state index contributed by atoms with van der Waals surface area (Å²) in [6.07, 6.45) is 1.81. The number of nitrogens with zero attached hydrogens (tertiary/aromatic N) is 2. The summed E-state index contributed by atoms with van der Waals surface area (Å²) in [6, 6.07) is 15.9. The van der Waals surface area contributed by atoms with Crippen molar-refractivity contribution in [3.8, 4) is 11.5 Å². The van der Waals surface area contributed by atoms with Crippen LogP contribution in [-0.4, -0.2) is 24.3 Å². The summed E-state index contributed by atoms with van der Waals surface area (Å²) in [6.45, 7) is 2.11. The minimum absolute atomic E-state index is 0.0397. The smallest absolute Gasteiger partial charge is 0.174 e. The first kappa shape index (κ1) is 18.7. The molecule has 0 radical (unpaired) electrons. The van der Waals surface area contributed by atoms with Crippen molar-refractivity contribution in [1.29, 1.82) is 0 Å². The lowest BCUT2D eigenvalue weighted by Gasteiger charge is -2.28. The maximum Gasteiger partial charge on any atom is 0.174 e. The van der Waals surface area contributed by atoms with Crippen LogP contribution in [0.3, 0.4) is 0 Å². The van der Waals surface area contributed by atoms with Gasteiger partial charge in [-0.15, -0.1) is 11.3 Å². The van der Waals surface area contributed by atoms with Crippen molar-refractivity contribution in [1.82, 2.24) is 10.3 Å². The van der Waals surface area contributed by atoms with Crippen LogP contribution in [0.1, 0.15) is 27.5 Å². The number of benzene rings is 1. The molecule has 2 aromatic heterocycles. The zero-order valence-electron chi connectivity index (χ0n) is 15.9. The number of ether oxygens (including phenoxy) is 2. The number of methoxy groups -OCH3 is 2. The Bertz CT molecular complexity index is 990. The third kappa shape index (κ3) is 3.31. The van der Waals surface area contributed by atoms with Crippen molar-refractivity contribution in [2.24, 2.45) is 0 Å². The van der Waals surface area contributed by atoms with E-state index in [1.54, 1.807) is 25.6 Å². The van der Waals surface area contributed by atoms with E-state index in [-0.39, 0.29) is 12.1 Å². The highest BCUT2D eigenvalue weighted by atomic mass is 32.1. The molecule has 1 fully saturated rings. The van der Waals surface area contributed by atoms with Gasteiger partial charge in [0.2, 0.25) is 0 Å². The number of aryl methyl sites for hydroxylation is 1. The van der Waals surface area contributed by atoms with E-state index in [2.05, 4.69) is 34.3 Å². The van der Waals surface area contributed by atoms with E-state index in [9.17, 15) is 0 Å². The van der Waals surface area contributed by atoms with Crippen LogP contribution in [-0.2, 0) is 0 Å². The predicted octanol–water partition coefficient (Wildman–Crippen LogP) is 4.65. The van der Waals surface area contributed by atoms with Gasteiger partial charge in [0.15, 0.2) is 5.11 Å². The van der Waals surface area contributed by atoms with Crippen molar-refractivity contribution in [3.05, 3.63) is 70.2 Å². The number of nitrogens with one attached hydrogen (secondary N) is 1. The fraction of sp³-hybridized carbons (Fsp3) is 0.238. The van der Waals surface area contributed by atoms with E-state index >= 15 is 0 Å². The number of pyridine rings is 1. The first-order valence-electron chi connectivity index (χ1n) is 8.91. The summed E-state index contributed by atoms with van der Waals surface area (Å²) in [5.74, 6) is 1.49. The normalized spacial score (nSPS) is 18.8. The standard InChI is InChI=1S/C21H21N3O2S2/c1-13-7-10-18(28-13)20-19(15-6-4-5-11-22-15)23-21(27)24(20)16-12-14(25-2)8-9-17(16)26-3/h4-12,19-20H,1-3H3,(H,23,27). The first-order valence-corrected chi connectivity index (χ1v) is 10.1. The number of rotatable bonds is 5. The molecule has 144 valence electrons. The maximum atomic E-state index is 5.77. The Labute approximate surface area is 173 Å². The highest BCUT2D eigenvalue weighted by Crippen LogP contribution is 2.46. The molecule has 5 nitrogen and oxygen atoms in total. The Hall–Kier alpha value is -2.64. The van der Waals surface area contributed by atoms with Crippen molar-refractivity contribution >= 4 is 34.4 Å². The SMILES string of the molecule is COc1ccc(OC)c(N2C(=S)NC(c3ccccn3)C2c2ccc(C)s2)c1. The van der Waals surface area contributed by atoms with Crippen LogP contribution in [0.15, 0.2) is 54.7 Å². The van der Waals surface area contributed by atoms with E-state index in [1.807, 2.05) is 42.6 Å². The monoisotopic (exact) mass is 411 g/mol. The second-order valence-electron chi connectivity index (χ2n) is 6.48. The van der Waals surface area contributed by atoms with Crippen molar-refractivity contribution in [2.45, 2.75) is 19.0 Å². The average Bonchev–Trinajstić information content (AvgIpc) is 3.30. The fourth-order valence-electron chi connectivity index (χ4n) is 3.50. The largest absolute Gasteiger partial charge is 0.497 e. The van der Waals surface area contributed by atoms with Gasteiger partial charge < -0.3 is 19.7 Å². The Kier molecular flexibility index (Phi) is 5.19. The van der Waals surface area contributed by atoms with E-state index in [0.717, 1.165) is 22.9 Å². The van der Waals surface area contributed by atoms with Crippen molar-refractivity contribution in [3.63, 3.8) is 0 Å². The molecule has 3 heterocycles. The minimum atomic E-state index is -0.0670. The molecule has 0 spiro atoms. The average molecular weight is 412 g/mol. The molecule has 2 unspecified atom stereocenters. The van der Waals surface area contributed by atoms with Gasteiger partial charge in [-0.05, 0) is 55.5 Å². The lowest BCUT2D eigenvalue weighted by Crippen LogP contribution is -2.29. The van der Waals surface area contributed by atoms with Crippen LogP contribution in [0.5, 0.6) is 11.5 Å². The van der Waals surface area contributed by atoms with Gasteiger partial charge in [-0.3, -0.25) is 4.98 Å². The number of hydrogen-bond acceptors (Lipinski definition) is 5. The second kappa shape index (κ2) is 7.77. The molecule has 0 bridgehead atoms. The molecule has 7 heteroatoms. The molecule has 28 heavy (non-hydrogen) atoms. The third-order valence-corrected chi connectivity index (χ3v) is 6.18. The second-order valence-corrected chi connectivity index (χ2v) is 8.19. The molecule has 0 amide bonds. The van der Waals surface area contributed by atoms with Crippen LogP contribution in [0, 0.1) is 6.92 Å². The third-order valence-electron chi connectivity index (χ3n) is 4.80. The van der Waals surface area contributed by atoms with Crippen LogP contribution in [0.4, 0.5) is 5.69 Å². The summed E-state index contributed by atoms with van der Waals surface area (Å²) in [7, 11) is 3.32. The van der Waals surface area contributed by atoms with E-state index < -0.39 is 0 Å². The molecule has 1 saturated heterocycles. The summed E-state index contributed by atoms with van der Waals surface area (Å²) in [5.41, 5.74) is 1.82. The van der Waals surface area contributed by atoms with Gasteiger partial charge in [0.1, 0.15) is 11.5 Å². The molecule has 1 aromatic carbocycles. The van der Waals surface area contributed by atoms with Gasteiger partial charge >= 0.3 is 0 Å². The van der Waals surface area contributed by atoms with Crippen LogP contribution in [0.2, 0.25) is 0 Å². The molecule has 3 aromatic rings. The fourth-order valence-corrected chi connectivity index (χ4v) is 4.85. The van der Waals surface area contributed by atoms with Gasteiger partial charge in [-0.2, -0.15) is 0 Å². The lowest BCUT2D eigenvalue weighted by molar-refractivity contribution is 0.403. The van der Waals surface area contributed by atoms with Crippen LogP contribution < -0.4 is 19.7 Å². The van der Waals surface area contributed by atoms with Crippen LogP contribution in [0.25, 0.3) is 0 Å². The summed E-state index contributed by atoms with van der Waals surface area (Å²) in [5, 5.41) is 4.11. The Balaban J connectivity index is 1.87. The van der Waals surface area contributed by atoms with E-state index in [4.69, 9.17) is 21.7 Å². The topological polar surface area (TPSA) is 46.6 Å². The number of hydrogen-bond donors (Lipinski definition) is 1. The summed E-state index contributed by atoms with van der Waals surface area (Å²) >= 11 is 7.53. The van der Waals surface area contributed by atoms with Crippen LogP contribution >= 0.6 is 23.6 Å². The number of thiocarbonyl (C=S) groups is 1. The number of anilines is 1. The number of aromatic nitrogens is 1. The molecular weight excluding hydrogens is 390 g/mol.